The molecule has 2 N–H and O–H groups in total. The van der Waals surface area contributed by atoms with Gasteiger partial charge in [-0.2, -0.15) is 0 Å². The summed E-state index contributed by atoms with van der Waals surface area (Å²) < 4.78 is 0. The van der Waals surface area contributed by atoms with E-state index in [1.54, 1.807) is 24.3 Å². The Labute approximate surface area is 77.4 Å². The van der Waals surface area contributed by atoms with Crippen molar-refractivity contribution >= 4 is 11.7 Å². The van der Waals surface area contributed by atoms with Crippen LogP contribution in [0.4, 0.5) is 5.69 Å². The predicted molar refractivity (Wildman–Crippen MR) is 52.2 cm³/mol. The molecule has 0 aliphatic rings. The molecule has 0 heterocycles. The lowest BCUT2D eigenvalue weighted by atomic mass is 10.2. The smallest absolute Gasteiger partial charge is 0.335 e. The summed E-state index contributed by atoms with van der Waals surface area (Å²) >= 11 is 0. The second kappa shape index (κ2) is 3.94. The Morgan fingerprint density at radius 2 is 1.85 bits per heavy atom. The van der Waals surface area contributed by atoms with Gasteiger partial charge in [-0.15, -0.1) is 0 Å². The molecule has 1 aromatic rings. The fourth-order valence-corrected chi connectivity index (χ4v) is 1.04. The third-order valence-electron chi connectivity index (χ3n) is 1.59. The number of carbonyl (C=O) groups is 1. The first kappa shape index (κ1) is 9.58. The van der Waals surface area contributed by atoms with Gasteiger partial charge >= 0.3 is 5.97 Å². The summed E-state index contributed by atoms with van der Waals surface area (Å²) in [5.74, 6) is -0.893. The molecule has 0 amide bonds. The molecule has 13 heavy (non-hydrogen) atoms. The number of aromatic carboxylic acids is 1. The molecule has 0 aliphatic carbocycles. The Morgan fingerprint density at radius 1 is 1.31 bits per heavy atom. The van der Waals surface area contributed by atoms with E-state index in [1.165, 1.54) is 0 Å². The summed E-state index contributed by atoms with van der Waals surface area (Å²) in [6.45, 7) is 4.07. The Hall–Kier alpha value is -1.51. The van der Waals surface area contributed by atoms with Gasteiger partial charge < -0.3 is 10.4 Å². The lowest BCUT2D eigenvalue weighted by molar-refractivity contribution is 0.0697. The van der Waals surface area contributed by atoms with Crippen molar-refractivity contribution < 1.29 is 9.90 Å². The van der Waals surface area contributed by atoms with E-state index in [-0.39, 0.29) is 0 Å². The maximum absolute atomic E-state index is 10.5. The zero-order valence-electron chi connectivity index (χ0n) is 7.74. The van der Waals surface area contributed by atoms with E-state index in [2.05, 4.69) is 5.32 Å². The van der Waals surface area contributed by atoms with E-state index in [0.29, 0.717) is 11.6 Å². The average molecular weight is 179 g/mol. The number of anilines is 1. The van der Waals surface area contributed by atoms with Crippen molar-refractivity contribution in [1.82, 2.24) is 0 Å². The Kier molecular flexibility index (Phi) is 2.90. The molecule has 0 bridgehead atoms. The number of rotatable bonds is 3. The van der Waals surface area contributed by atoms with Crippen LogP contribution in [0.15, 0.2) is 24.3 Å². The minimum absolute atomic E-state index is 0.314. The van der Waals surface area contributed by atoms with Crippen molar-refractivity contribution in [3.63, 3.8) is 0 Å². The van der Waals surface area contributed by atoms with Gasteiger partial charge in [-0.3, -0.25) is 0 Å². The molecule has 0 saturated heterocycles. The molecular weight excluding hydrogens is 166 g/mol. The van der Waals surface area contributed by atoms with Crippen LogP contribution in [0.3, 0.4) is 0 Å². The Balaban J connectivity index is 2.75. The molecule has 0 saturated carbocycles. The van der Waals surface area contributed by atoms with E-state index < -0.39 is 5.97 Å². The highest BCUT2D eigenvalue weighted by molar-refractivity contribution is 5.87. The van der Waals surface area contributed by atoms with Crippen LogP contribution in [0.25, 0.3) is 0 Å². The zero-order chi connectivity index (χ0) is 9.84. The topological polar surface area (TPSA) is 49.3 Å². The maximum Gasteiger partial charge on any atom is 0.335 e. The van der Waals surface area contributed by atoms with Crippen LogP contribution in [-0.2, 0) is 0 Å². The third-order valence-corrected chi connectivity index (χ3v) is 1.59. The summed E-state index contributed by atoms with van der Waals surface area (Å²) in [6, 6.07) is 7.07. The van der Waals surface area contributed by atoms with Crippen molar-refractivity contribution in [3.8, 4) is 0 Å². The summed E-state index contributed by atoms with van der Waals surface area (Å²) in [6.07, 6.45) is 0. The van der Waals surface area contributed by atoms with Gasteiger partial charge in [-0.1, -0.05) is 0 Å². The van der Waals surface area contributed by atoms with E-state index in [9.17, 15) is 4.79 Å². The summed E-state index contributed by atoms with van der Waals surface area (Å²) in [5, 5.41) is 11.8. The molecule has 0 unspecified atom stereocenters. The molecule has 0 fully saturated rings. The van der Waals surface area contributed by atoms with Crippen LogP contribution in [0.2, 0.25) is 0 Å². The van der Waals surface area contributed by atoms with Crippen molar-refractivity contribution in [2.75, 3.05) is 5.32 Å². The van der Waals surface area contributed by atoms with Gasteiger partial charge in [-0.25, -0.2) is 4.79 Å². The number of benzene rings is 1. The number of hydrogen-bond acceptors (Lipinski definition) is 2. The minimum Gasteiger partial charge on any atom is -0.478 e. The van der Waals surface area contributed by atoms with E-state index >= 15 is 0 Å². The second-order valence-electron chi connectivity index (χ2n) is 3.18. The van der Waals surface area contributed by atoms with Gasteiger partial charge in [0.05, 0.1) is 5.56 Å². The molecule has 3 nitrogen and oxygen atoms in total. The van der Waals surface area contributed by atoms with E-state index in [1.807, 2.05) is 13.8 Å². The Bertz CT molecular complexity index is 290. The van der Waals surface area contributed by atoms with Crippen molar-refractivity contribution in [2.24, 2.45) is 0 Å². The highest BCUT2D eigenvalue weighted by Gasteiger charge is 2.01. The number of hydrogen-bond donors (Lipinski definition) is 2. The monoisotopic (exact) mass is 179 g/mol. The summed E-state index contributed by atoms with van der Waals surface area (Å²) in [5.41, 5.74) is 1.26. The first-order valence-corrected chi connectivity index (χ1v) is 4.19. The van der Waals surface area contributed by atoms with Gasteiger partial charge in [0.1, 0.15) is 0 Å². The molecule has 0 atom stereocenters. The number of carboxylic acid groups (broad SMARTS) is 1. The van der Waals surface area contributed by atoms with Crippen LogP contribution in [0.5, 0.6) is 0 Å². The van der Waals surface area contributed by atoms with Gasteiger partial charge in [0.25, 0.3) is 0 Å². The van der Waals surface area contributed by atoms with Crippen molar-refractivity contribution in [1.29, 1.82) is 0 Å². The fraction of sp³-hybridized carbons (Fsp3) is 0.300. The molecule has 0 radical (unpaired) electrons. The van der Waals surface area contributed by atoms with Gasteiger partial charge in [0.2, 0.25) is 0 Å². The van der Waals surface area contributed by atoms with Crippen molar-refractivity contribution in [2.45, 2.75) is 19.9 Å². The fourth-order valence-electron chi connectivity index (χ4n) is 1.04. The lowest BCUT2D eigenvalue weighted by Gasteiger charge is -2.09. The molecule has 1 aromatic carbocycles. The first-order chi connectivity index (χ1) is 6.09. The molecule has 1 rings (SSSR count). The van der Waals surface area contributed by atoms with E-state index in [0.717, 1.165) is 5.69 Å². The zero-order valence-corrected chi connectivity index (χ0v) is 7.74. The van der Waals surface area contributed by atoms with Gasteiger partial charge in [0.15, 0.2) is 0 Å². The highest BCUT2D eigenvalue weighted by Crippen LogP contribution is 2.10. The molecule has 70 valence electrons. The molecule has 3 heteroatoms. The molecule has 0 spiro atoms. The summed E-state index contributed by atoms with van der Waals surface area (Å²) in [4.78, 5) is 10.5. The van der Waals surface area contributed by atoms with Crippen LogP contribution in [0.1, 0.15) is 24.2 Å². The predicted octanol–water partition coefficient (Wildman–Crippen LogP) is 2.21. The van der Waals surface area contributed by atoms with Crippen LogP contribution >= 0.6 is 0 Å². The van der Waals surface area contributed by atoms with Crippen LogP contribution < -0.4 is 5.32 Å². The van der Waals surface area contributed by atoms with Gasteiger partial charge in [-0.05, 0) is 38.1 Å². The summed E-state index contributed by atoms with van der Waals surface area (Å²) in [7, 11) is 0. The average Bonchev–Trinajstić information content (AvgIpc) is 2.04. The van der Waals surface area contributed by atoms with Crippen molar-refractivity contribution in [3.05, 3.63) is 29.8 Å². The number of nitrogens with one attached hydrogen (secondary N) is 1. The minimum atomic E-state index is -0.893. The lowest BCUT2D eigenvalue weighted by Crippen LogP contribution is -2.09. The maximum atomic E-state index is 10.5. The Morgan fingerprint density at radius 3 is 2.23 bits per heavy atom. The van der Waals surface area contributed by atoms with Crippen LogP contribution in [0, 0.1) is 0 Å². The second-order valence-corrected chi connectivity index (χ2v) is 3.18. The van der Waals surface area contributed by atoms with Crippen LogP contribution in [-0.4, -0.2) is 17.1 Å². The first-order valence-electron chi connectivity index (χ1n) is 4.19. The standard InChI is InChI=1S/C10H13NO2/c1-7(2)11-9-5-3-8(4-6-9)10(12)13/h3-7,11H,1-2H3,(H,12,13). The quantitative estimate of drug-likeness (QED) is 0.747. The molecular formula is C10H13NO2. The molecule has 0 aromatic heterocycles. The normalized spacial score (nSPS) is 10.1. The highest BCUT2D eigenvalue weighted by atomic mass is 16.4. The van der Waals surface area contributed by atoms with E-state index in [4.69, 9.17) is 5.11 Å². The largest absolute Gasteiger partial charge is 0.478 e. The SMILES string of the molecule is CC(C)Nc1ccc(C(=O)O)cc1. The molecule has 0 aliphatic heterocycles. The van der Waals surface area contributed by atoms with Gasteiger partial charge in [0, 0.05) is 11.7 Å². The number of carboxylic acids is 1. The third kappa shape index (κ3) is 2.78.